The topological polar surface area (TPSA) is 86.8 Å². The quantitative estimate of drug-likeness (QED) is 0.705. The second kappa shape index (κ2) is 8.46. The molecule has 9 heteroatoms. The van der Waals surface area contributed by atoms with Crippen molar-refractivity contribution < 1.29 is 18.0 Å². The molecule has 0 unspecified atom stereocenters. The van der Waals surface area contributed by atoms with Crippen LogP contribution in [0.2, 0.25) is 0 Å². The van der Waals surface area contributed by atoms with E-state index in [1.807, 2.05) is 26.2 Å². The summed E-state index contributed by atoms with van der Waals surface area (Å²) >= 11 is 1.44. The van der Waals surface area contributed by atoms with Gasteiger partial charge in [0.25, 0.3) is 10.0 Å². The maximum atomic E-state index is 13.3. The zero-order valence-corrected chi connectivity index (χ0v) is 18.1. The highest BCUT2D eigenvalue weighted by Gasteiger charge is 2.43. The number of nitrogens with one attached hydrogen (secondary N) is 1. The van der Waals surface area contributed by atoms with Crippen LogP contribution in [-0.2, 0) is 14.8 Å². The van der Waals surface area contributed by atoms with Crippen LogP contribution in [0.1, 0.15) is 20.3 Å². The molecular formula is C20H23N3O4S2. The molecule has 0 aliphatic carbocycles. The summed E-state index contributed by atoms with van der Waals surface area (Å²) < 4.78 is 27.3. The molecule has 2 aromatic rings. The van der Waals surface area contributed by atoms with E-state index < -0.39 is 16.1 Å². The average Bonchev–Trinajstić information content (AvgIpc) is 2.71. The zero-order chi connectivity index (χ0) is 21.2. The van der Waals surface area contributed by atoms with Crippen LogP contribution in [0, 0.1) is 0 Å². The molecule has 7 nitrogen and oxygen atoms in total. The molecule has 1 aliphatic rings. The van der Waals surface area contributed by atoms with E-state index in [1.165, 1.54) is 28.8 Å². The number of carbonyl (C=O) groups is 2. The lowest BCUT2D eigenvalue weighted by Crippen LogP contribution is -2.54. The molecule has 1 atom stereocenters. The van der Waals surface area contributed by atoms with E-state index in [9.17, 15) is 18.0 Å². The Morgan fingerprint density at radius 1 is 1.17 bits per heavy atom. The molecule has 3 amide bonds. The van der Waals surface area contributed by atoms with Crippen molar-refractivity contribution >= 4 is 45.1 Å². The number of hydrogen-bond donors (Lipinski definition) is 1. The lowest BCUT2D eigenvalue weighted by atomic mass is 10.2. The third-order valence-electron chi connectivity index (χ3n) is 4.69. The Balaban J connectivity index is 2.08. The van der Waals surface area contributed by atoms with E-state index in [0.717, 1.165) is 15.6 Å². The van der Waals surface area contributed by atoms with Crippen molar-refractivity contribution in [3.05, 3.63) is 48.5 Å². The highest BCUT2D eigenvalue weighted by molar-refractivity contribution is 7.98. The highest BCUT2D eigenvalue weighted by atomic mass is 32.2. The van der Waals surface area contributed by atoms with E-state index >= 15 is 0 Å². The molecule has 2 aromatic carbocycles. The smallest absolute Gasteiger partial charge is 0.343 e. The second-order valence-corrected chi connectivity index (χ2v) is 9.32. The molecule has 0 saturated carbocycles. The molecule has 154 valence electrons. The van der Waals surface area contributed by atoms with Crippen LogP contribution in [-0.4, -0.2) is 39.2 Å². The van der Waals surface area contributed by atoms with Crippen LogP contribution in [0.15, 0.2) is 58.3 Å². The van der Waals surface area contributed by atoms with Gasteiger partial charge in [-0.3, -0.25) is 9.69 Å². The maximum Gasteiger partial charge on any atom is 0.343 e. The fourth-order valence-electron chi connectivity index (χ4n) is 3.02. The van der Waals surface area contributed by atoms with E-state index in [-0.39, 0.29) is 34.8 Å². The van der Waals surface area contributed by atoms with Gasteiger partial charge in [0.15, 0.2) is 0 Å². The van der Waals surface area contributed by atoms with Crippen molar-refractivity contribution in [1.82, 2.24) is 5.32 Å². The van der Waals surface area contributed by atoms with Gasteiger partial charge in [-0.2, -0.15) is 4.31 Å². The normalized spacial score (nSPS) is 16.3. The molecule has 0 fully saturated rings. The van der Waals surface area contributed by atoms with Crippen LogP contribution in [0.4, 0.5) is 16.2 Å². The fourth-order valence-corrected chi connectivity index (χ4v) is 5.06. The zero-order valence-electron chi connectivity index (χ0n) is 16.5. The Bertz CT molecular complexity index is 1040. The number of para-hydroxylation sites is 1. The number of nitrogens with zero attached hydrogens (tertiary/aromatic N) is 2. The number of amides is 3. The molecule has 1 heterocycles. The monoisotopic (exact) mass is 433 g/mol. The van der Waals surface area contributed by atoms with Crippen molar-refractivity contribution in [2.75, 3.05) is 22.0 Å². The minimum absolute atomic E-state index is 0.00880. The molecule has 0 bridgehead atoms. The number of carbonyl (C=O) groups excluding carboxylic acids is 2. The summed E-state index contributed by atoms with van der Waals surface area (Å²) in [6, 6.07) is 12.2. The Morgan fingerprint density at radius 3 is 2.59 bits per heavy atom. The number of rotatable bonds is 6. The number of fused-ring (bicyclic) bond motifs is 1. The Labute approximate surface area is 175 Å². The molecule has 0 aromatic heterocycles. The van der Waals surface area contributed by atoms with Gasteiger partial charge in [-0.15, -0.1) is 11.8 Å². The van der Waals surface area contributed by atoms with Gasteiger partial charge in [0.2, 0.25) is 5.91 Å². The first-order valence-electron chi connectivity index (χ1n) is 9.18. The van der Waals surface area contributed by atoms with Gasteiger partial charge in [0.05, 0.1) is 11.4 Å². The van der Waals surface area contributed by atoms with Crippen LogP contribution in [0.25, 0.3) is 0 Å². The van der Waals surface area contributed by atoms with Crippen LogP contribution in [0.3, 0.4) is 0 Å². The van der Waals surface area contributed by atoms with E-state index in [2.05, 4.69) is 5.32 Å². The molecule has 0 saturated heterocycles. The number of benzene rings is 2. The molecule has 0 radical (unpaired) electrons. The standard InChI is InChI=1S/C20H23N3O4S2/c1-4-14(2)21-19(24)13-22-17-10-5-6-11-18(17)29(26,27)23(20(22)25)15-8-7-9-16(12-15)28-3/h5-12,14H,4,13H2,1-3H3,(H,21,24)/t14-/m1/s1. The first kappa shape index (κ1) is 21.2. The Morgan fingerprint density at radius 2 is 1.90 bits per heavy atom. The number of urea groups is 1. The van der Waals surface area contributed by atoms with Crippen LogP contribution >= 0.6 is 11.8 Å². The number of thioether (sulfide) groups is 1. The van der Waals surface area contributed by atoms with Crippen molar-refractivity contribution in [3.8, 4) is 0 Å². The highest BCUT2D eigenvalue weighted by Crippen LogP contribution is 2.37. The molecule has 29 heavy (non-hydrogen) atoms. The molecule has 3 rings (SSSR count). The lowest BCUT2D eigenvalue weighted by molar-refractivity contribution is -0.120. The van der Waals surface area contributed by atoms with Gasteiger partial charge in [-0.05, 0) is 49.9 Å². The molecular weight excluding hydrogens is 410 g/mol. The predicted octanol–water partition coefficient (Wildman–Crippen LogP) is 3.46. The fraction of sp³-hybridized carbons (Fsp3) is 0.300. The molecule has 1 aliphatic heterocycles. The van der Waals surface area contributed by atoms with E-state index in [4.69, 9.17) is 0 Å². The van der Waals surface area contributed by atoms with Crippen LogP contribution < -0.4 is 14.5 Å². The summed E-state index contributed by atoms with van der Waals surface area (Å²) in [5, 5.41) is 2.82. The third-order valence-corrected chi connectivity index (χ3v) is 7.16. The summed E-state index contributed by atoms with van der Waals surface area (Å²) in [6.07, 6.45) is 2.62. The summed E-state index contributed by atoms with van der Waals surface area (Å²) in [5.41, 5.74) is 0.442. The van der Waals surface area contributed by atoms with E-state index in [0.29, 0.717) is 0 Å². The summed E-state index contributed by atoms with van der Waals surface area (Å²) in [5.74, 6) is -0.348. The Hall–Kier alpha value is -2.52. The summed E-state index contributed by atoms with van der Waals surface area (Å²) in [4.78, 5) is 27.8. The van der Waals surface area contributed by atoms with Crippen LogP contribution in [0.5, 0.6) is 0 Å². The minimum Gasteiger partial charge on any atom is -0.352 e. The number of anilines is 2. The predicted molar refractivity (Wildman–Crippen MR) is 115 cm³/mol. The van der Waals surface area contributed by atoms with Gasteiger partial charge in [0.1, 0.15) is 11.4 Å². The third kappa shape index (κ3) is 4.11. The Kier molecular flexibility index (Phi) is 6.18. The van der Waals surface area contributed by atoms with Gasteiger partial charge in [-0.1, -0.05) is 25.1 Å². The van der Waals surface area contributed by atoms with Crippen molar-refractivity contribution in [2.24, 2.45) is 0 Å². The van der Waals surface area contributed by atoms with Crippen molar-refractivity contribution in [3.63, 3.8) is 0 Å². The first-order chi connectivity index (χ1) is 13.8. The molecule has 0 spiro atoms. The van der Waals surface area contributed by atoms with Crippen molar-refractivity contribution in [1.29, 1.82) is 0 Å². The lowest BCUT2D eigenvalue weighted by Gasteiger charge is -2.36. The summed E-state index contributed by atoms with van der Waals surface area (Å²) in [6.45, 7) is 3.54. The minimum atomic E-state index is -4.11. The maximum absolute atomic E-state index is 13.3. The van der Waals surface area contributed by atoms with E-state index in [1.54, 1.807) is 30.3 Å². The van der Waals surface area contributed by atoms with Gasteiger partial charge < -0.3 is 5.32 Å². The van der Waals surface area contributed by atoms with Gasteiger partial charge >= 0.3 is 6.03 Å². The first-order valence-corrected chi connectivity index (χ1v) is 11.8. The average molecular weight is 434 g/mol. The number of sulfonamides is 1. The SMILES string of the molecule is CC[C@@H](C)NC(=O)CN1C(=O)N(c2cccc(SC)c2)S(=O)(=O)c2ccccc21. The molecule has 1 N–H and O–H groups in total. The largest absolute Gasteiger partial charge is 0.352 e. The summed E-state index contributed by atoms with van der Waals surface area (Å²) in [7, 11) is -4.11. The van der Waals surface area contributed by atoms with Gasteiger partial charge in [0, 0.05) is 10.9 Å². The second-order valence-electron chi connectivity index (χ2n) is 6.68. The van der Waals surface area contributed by atoms with Crippen molar-refractivity contribution in [2.45, 2.75) is 36.1 Å². The number of hydrogen-bond acceptors (Lipinski definition) is 5. The van der Waals surface area contributed by atoms with Gasteiger partial charge in [-0.25, -0.2) is 13.2 Å².